The van der Waals surface area contributed by atoms with Crippen LogP contribution < -0.4 is 5.32 Å². The SMILES string of the molecule is CNCC1CCN(C(=O)Cc2csc(-c3cccnc3)n2)C1. The molecule has 2 aromatic rings. The molecule has 1 saturated heterocycles. The molecule has 0 aliphatic carbocycles. The third-order valence-electron chi connectivity index (χ3n) is 3.92. The first-order valence-electron chi connectivity index (χ1n) is 7.53. The molecule has 0 saturated carbocycles. The van der Waals surface area contributed by atoms with Crippen molar-refractivity contribution in [3.63, 3.8) is 0 Å². The quantitative estimate of drug-likeness (QED) is 0.914. The lowest BCUT2D eigenvalue weighted by atomic mass is 10.1. The van der Waals surface area contributed by atoms with Crippen molar-refractivity contribution in [2.24, 2.45) is 5.92 Å². The minimum Gasteiger partial charge on any atom is -0.342 e. The summed E-state index contributed by atoms with van der Waals surface area (Å²) >= 11 is 1.56. The number of likely N-dealkylation sites (tertiary alicyclic amines) is 1. The molecule has 0 radical (unpaired) electrons. The van der Waals surface area contributed by atoms with Gasteiger partial charge in [0.15, 0.2) is 0 Å². The van der Waals surface area contributed by atoms with Gasteiger partial charge in [-0.2, -0.15) is 0 Å². The Balaban J connectivity index is 1.60. The van der Waals surface area contributed by atoms with Crippen molar-refractivity contribution in [1.82, 2.24) is 20.2 Å². The van der Waals surface area contributed by atoms with Gasteiger partial charge in [-0.05, 0) is 38.1 Å². The molecular formula is C16H20N4OS. The minimum absolute atomic E-state index is 0.182. The van der Waals surface area contributed by atoms with Gasteiger partial charge < -0.3 is 10.2 Å². The maximum atomic E-state index is 12.4. The van der Waals surface area contributed by atoms with Crippen LogP contribution in [0, 0.1) is 5.92 Å². The van der Waals surface area contributed by atoms with Crippen LogP contribution in [0.1, 0.15) is 12.1 Å². The highest BCUT2D eigenvalue weighted by Gasteiger charge is 2.26. The van der Waals surface area contributed by atoms with Crippen LogP contribution in [0.15, 0.2) is 29.9 Å². The van der Waals surface area contributed by atoms with E-state index in [1.165, 1.54) is 0 Å². The lowest BCUT2D eigenvalue weighted by Crippen LogP contribution is -2.31. The van der Waals surface area contributed by atoms with Crippen molar-refractivity contribution in [2.75, 3.05) is 26.7 Å². The highest BCUT2D eigenvalue weighted by Crippen LogP contribution is 2.23. The smallest absolute Gasteiger partial charge is 0.228 e. The Morgan fingerprint density at radius 3 is 3.23 bits per heavy atom. The van der Waals surface area contributed by atoms with Gasteiger partial charge >= 0.3 is 0 Å². The van der Waals surface area contributed by atoms with Crippen molar-refractivity contribution in [3.05, 3.63) is 35.6 Å². The zero-order valence-corrected chi connectivity index (χ0v) is 13.5. The summed E-state index contributed by atoms with van der Waals surface area (Å²) in [4.78, 5) is 23.0. The molecule has 1 aliphatic heterocycles. The van der Waals surface area contributed by atoms with Crippen molar-refractivity contribution < 1.29 is 4.79 Å². The Kier molecular flexibility index (Phi) is 4.80. The number of aromatic nitrogens is 2. The van der Waals surface area contributed by atoms with Gasteiger partial charge in [0, 0.05) is 36.4 Å². The van der Waals surface area contributed by atoms with Gasteiger partial charge in [-0.15, -0.1) is 11.3 Å². The molecule has 3 rings (SSSR count). The number of rotatable bonds is 5. The fourth-order valence-electron chi connectivity index (χ4n) is 2.79. The van der Waals surface area contributed by atoms with Crippen LogP contribution in [0.3, 0.4) is 0 Å². The van der Waals surface area contributed by atoms with E-state index in [9.17, 15) is 4.79 Å². The normalized spacial score (nSPS) is 17.9. The van der Waals surface area contributed by atoms with E-state index < -0.39 is 0 Å². The number of nitrogens with zero attached hydrogens (tertiary/aromatic N) is 3. The standard InChI is InChI=1S/C16H20N4OS/c1-17-8-12-4-6-20(10-12)15(21)7-14-11-22-16(19-14)13-3-2-5-18-9-13/h2-3,5,9,11-12,17H,4,6-8,10H2,1H3. The zero-order chi connectivity index (χ0) is 15.4. The Hall–Kier alpha value is -1.79. The average Bonchev–Trinajstić information content (AvgIpc) is 3.18. The van der Waals surface area contributed by atoms with Gasteiger partial charge in [0.25, 0.3) is 0 Å². The highest BCUT2D eigenvalue weighted by molar-refractivity contribution is 7.13. The first kappa shape index (κ1) is 15.1. The number of pyridine rings is 1. The molecule has 1 amide bonds. The third kappa shape index (κ3) is 3.51. The molecule has 1 unspecified atom stereocenters. The van der Waals surface area contributed by atoms with Gasteiger partial charge in [-0.25, -0.2) is 4.98 Å². The molecule has 1 aliphatic rings. The van der Waals surface area contributed by atoms with Crippen LogP contribution in [-0.2, 0) is 11.2 Å². The number of nitrogens with one attached hydrogen (secondary N) is 1. The van der Waals surface area contributed by atoms with Crippen LogP contribution in [0.2, 0.25) is 0 Å². The van der Waals surface area contributed by atoms with Gasteiger partial charge in [-0.3, -0.25) is 9.78 Å². The van der Waals surface area contributed by atoms with Crippen molar-refractivity contribution in [3.8, 4) is 10.6 Å². The Morgan fingerprint density at radius 1 is 1.55 bits per heavy atom. The van der Waals surface area contributed by atoms with Crippen LogP contribution in [0.25, 0.3) is 10.6 Å². The van der Waals surface area contributed by atoms with E-state index in [1.54, 1.807) is 23.7 Å². The van der Waals surface area contributed by atoms with E-state index in [2.05, 4.69) is 15.3 Å². The summed E-state index contributed by atoms with van der Waals surface area (Å²) in [6.45, 7) is 2.70. The third-order valence-corrected chi connectivity index (χ3v) is 4.86. The van der Waals surface area contributed by atoms with E-state index in [1.807, 2.05) is 29.5 Å². The highest BCUT2D eigenvalue weighted by atomic mass is 32.1. The molecule has 0 aromatic carbocycles. The molecule has 22 heavy (non-hydrogen) atoms. The molecule has 0 spiro atoms. The number of hydrogen-bond donors (Lipinski definition) is 1. The number of amides is 1. The lowest BCUT2D eigenvalue weighted by Gasteiger charge is -2.15. The molecular weight excluding hydrogens is 296 g/mol. The van der Waals surface area contributed by atoms with Crippen molar-refractivity contribution in [2.45, 2.75) is 12.8 Å². The monoisotopic (exact) mass is 316 g/mol. The average molecular weight is 316 g/mol. The van der Waals surface area contributed by atoms with E-state index in [-0.39, 0.29) is 5.91 Å². The molecule has 1 N–H and O–H groups in total. The minimum atomic E-state index is 0.182. The summed E-state index contributed by atoms with van der Waals surface area (Å²) in [5, 5.41) is 6.08. The summed E-state index contributed by atoms with van der Waals surface area (Å²) in [6.07, 6.45) is 5.03. The fraction of sp³-hybridized carbons (Fsp3) is 0.438. The van der Waals surface area contributed by atoms with Crippen molar-refractivity contribution >= 4 is 17.2 Å². The predicted octanol–water partition coefficient (Wildman–Crippen LogP) is 1.82. The topological polar surface area (TPSA) is 58.1 Å². The van der Waals surface area contributed by atoms with E-state index in [0.717, 1.165) is 42.3 Å². The van der Waals surface area contributed by atoms with Crippen LogP contribution in [0.4, 0.5) is 0 Å². The van der Waals surface area contributed by atoms with Gasteiger partial charge in [-0.1, -0.05) is 0 Å². The predicted molar refractivity (Wildman–Crippen MR) is 87.7 cm³/mol. The fourth-order valence-corrected chi connectivity index (χ4v) is 3.60. The lowest BCUT2D eigenvalue weighted by molar-refractivity contribution is -0.129. The summed E-state index contributed by atoms with van der Waals surface area (Å²) in [5.41, 5.74) is 1.85. The molecule has 1 atom stereocenters. The van der Waals surface area contributed by atoms with Crippen LogP contribution in [-0.4, -0.2) is 47.5 Å². The second-order valence-corrected chi connectivity index (χ2v) is 6.47. The van der Waals surface area contributed by atoms with Crippen LogP contribution >= 0.6 is 11.3 Å². The number of thiazole rings is 1. The van der Waals surface area contributed by atoms with Crippen molar-refractivity contribution in [1.29, 1.82) is 0 Å². The van der Waals surface area contributed by atoms with Gasteiger partial charge in [0.05, 0.1) is 12.1 Å². The number of carbonyl (C=O) groups is 1. The van der Waals surface area contributed by atoms with E-state index in [0.29, 0.717) is 12.3 Å². The molecule has 5 nitrogen and oxygen atoms in total. The number of carbonyl (C=O) groups excluding carboxylic acids is 1. The van der Waals surface area contributed by atoms with Gasteiger partial charge in [0.1, 0.15) is 5.01 Å². The molecule has 6 heteroatoms. The summed E-state index contributed by atoms with van der Waals surface area (Å²) in [7, 11) is 1.96. The van der Waals surface area contributed by atoms with E-state index >= 15 is 0 Å². The summed E-state index contributed by atoms with van der Waals surface area (Å²) < 4.78 is 0. The Bertz CT molecular complexity index is 628. The van der Waals surface area contributed by atoms with Gasteiger partial charge in [0.2, 0.25) is 5.91 Å². The Morgan fingerprint density at radius 2 is 2.45 bits per heavy atom. The summed E-state index contributed by atoms with van der Waals surface area (Å²) in [5.74, 6) is 0.761. The Labute approximate surface area is 134 Å². The second kappa shape index (κ2) is 6.98. The molecule has 116 valence electrons. The first-order chi connectivity index (χ1) is 10.8. The largest absolute Gasteiger partial charge is 0.342 e. The second-order valence-electron chi connectivity index (χ2n) is 5.61. The maximum absolute atomic E-state index is 12.4. The molecule has 1 fully saturated rings. The zero-order valence-electron chi connectivity index (χ0n) is 12.7. The summed E-state index contributed by atoms with van der Waals surface area (Å²) in [6, 6.07) is 3.88. The maximum Gasteiger partial charge on any atom is 0.228 e. The first-order valence-corrected chi connectivity index (χ1v) is 8.41. The molecule has 2 aromatic heterocycles. The molecule has 0 bridgehead atoms. The number of hydrogen-bond acceptors (Lipinski definition) is 5. The molecule has 3 heterocycles. The van der Waals surface area contributed by atoms with Crippen LogP contribution in [0.5, 0.6) is 0 Å². The van der Waals surface area contributed by atoms with E-state index in [4.69, 9.17) is 0 Å².